The van der Waals surface area contributed by atoms with Crippen molar-refractivity contribution < 1.29 is 0 Å². The minimum absolute atomic E-state index is 0.172. The van der Waals surface area contributed by atoms with Crippen molar-refractivity contribution in [1.82, 2.24) is 0 Å². The van der Waals surface area contributed by atoms with Gasteiger partial charge in [0.1, 0.15) is 6.07 Å². The minimum Gasteiger partial charge on any atom is -0.310 e. The van der Waals surface area contributed by atoms with E-state index < -0.39 is 0 Å². The molecule has 2 aliphatic rings. The highest BCUT2D eigenvalue weighted by Crippen LogP contribution is 2.41. The molecule has 4 aromatic carbocycles. The van der Waals surface area contributed by atoms with E-state index in [4.69, 9.17) is 0 Å². The van der Waals surface area contributed by atoms with Gasteiger partial charge in [-0.3, -0.25) is 0 Å². The summed E-state index contributed by atoms with van der Waals surface area (Å²) in [5.41, 5.74) is 10.4. The highest BCUT2D eigenvalue weighted by Gasteiger charge is 2.42. The molecule has 2 aliphatic heterocycles. The molecule has 0 atom stereocenters. The maximum Gasteiger partial charge on any atom is 0.248 e. The Labute approximate surface area is 164 Å². The van der Waals surface area contributed by atoms with E-state index in [0.717, 1.165) is 11.4 Å². The predicted octanol–water partition coefficient (Wildman–Crippen LogP) is 3.84. The van der Waals surface area contributed by atoms with Gasteiger partial charge in [0.05, 0.1) is 11.3 Å². The summed E-state index contributed by atoms with van der Waals surface area (Å²) in [7, 11) is 0. The van der Waals surface area contributed by atoms with Gasteiger partial charge in [0, 0.05) is 11.4 Å². The highest BCUT2D eigenvalue weighted by molar-refractivity contribution is 7.01. The van der Waals surface area contributed by atoms with Crippen molar-refractivity contribution in [2.24, 2.45) is 0 Å². The lowest BCUT2D eigenvalue weighted by molar-refractivity contribution is 1.28. The molecule has 0 N–H and O–H groups in total. The molecule has 0 amide bonds. The molecule has 0 spiro atoms. The zero-order valence-corrected chi connectivity index (χ0v) is 15.1. The molecule has 0 saturated heterocycles. The molecular formula is C25H15BN2. The van der Waals surface area contributed by atoms with Crippen LogP contribution in [0.5, 0.6) is 0 Å². The van der Waals surface area contributed by atoms with Gasteiger partial charge < -0.3 is 4.90 Å². The van der Waals surface area contributed by atoms with E-state index in [1.54, 1.807) is 0 Å². The second-order valence-corrected chi connectivity index (χ2v) is 7.28. The van der Waals surface area contributed by atoms with Crippen molar-refractivity contribution >= 4 is 40.2 Å². The summed E-state index contributed by atoms with van der Waals surface area (Å²) in [6.45, 7) is 0.172. The van der Waals surface area contributed by atoms with Gasteiger partial charge in [0.25, 0.3) is 0 Å². The van der Waals surface area contributed by atoms with Gasteiger partial charge in [-0.2, -0.15) is 5.26 Å². The van der Waals surface area contributed by atoms with E-state index in [1.165, 1.54) is 33.2 Å². The maximum absolute atomic E-state index is 9.90. The number of nitriles is 1. The van der Waals surface area contributed by atoms with Gasteiger partial charge in [0.15, 0.2) is 0 Å². The largest absolute Gasteiger partial charge is 0.310 e. The lowest BCUT2D eigenvalue weighted by Crippen LogP contribution is -2.54. The van der Waals surface area contributed by atoms with Crippen LogP contribution in [0.1, 0.15) is 5.56 Å². The molecule has 0 aromatic heterocycles. The first kappa shape index (κ1) is 15.3. The topological polar surface area (TPSA) is 27.0 Å². The van der Waals surface area contributed by atoms with Crippen LogP contribution >= 0.6 is 0 Å². The normalized spacial score (nSPS) is 12.8. The van der Waals surface area contributed by atoms with Gasteiger partial charge in [-0.05, 0) is 46.3 Å². The van der Waals surface area contributed by atoms with Crippen molar-refractivity contribution in [1.29, 1.82) is 5.26 Å². The smallest absolute Gasteiger partial charge is 0.248 e. The van der Waals surface area contributed by atoms with Gasteiger partial charge in [-0.15, -0.1) is 0 Å². The SMILES string of the molecule is N#Cc1cccc2c1N(c1ccccc1)c1cccc3c1B2c1ccccc1-3. The fraction of sp³-hybridized carbons (Fsp3) is 0. The van der Waals surface area contributed by atoms with Gasteiger partial charge in [-0.1, -0.05) is 72.2 Å². The molecule has 28 heavy (non-hydrogen) atoms. The molecular weight excluding hydrogens is 339 g/mol. The summed E-state index contributed by atoms with van der Waals surface area (Å²) in [6, 6.07) is 34.1. The van der Waals surface area contributed by atoms with Crippen molar-refractivity contribution in [3.63, 3.8) is 0 Å². The third kappa shape index (κ3) is 1.87. The number of hydrogen-bond donors (Lipinski definition) is 0. The predicted molar refractivity (Wildman–Crippen MR) is 116 cm³/mol. The Bertz CT molecular complexity index is 1290. The van der Waals surface area contributed by atoms with Crippen LogP contribution in [0.2, 0.25) is 0 Å². The van der Waals surface area contributed by atoms with Crippen molar-refractivity contribution in [3.05, 3.63) is 96.6 Å². The Kier molecular flexibility index (Phi) is 3.07. The summed E-state index contributed by atoms with van der Waals surface area (Å²) in [5.74, 6) is 0. The van der Waals surface area contributed by atoms with Gasteiger partial charge in [-0.25, -0.2) is 0 Å². The third-order valence-corrected chi connectivity index (χ3v) is 5.91. The summed E-state index contributed by atoms with van der Waals surface area (Å²) in [6.07, 6.45) is 0. The van der Waals surface area contributed by atoms with Crippen LogP contribution in [0.15, 0.2) is 91.0 Å². The van der Waals surface area contributed by atoms with Crippen LogP contribution in [0.25, 0.3) is 11.1 Å². The minimum atomic E-state index is 0.172. The number of fused-ring (bicyclic) bond motifs is 5. The third-order valence-electron chi connectivity index (χ3n) is 5.91. The summed E-state index contributed by atoms with van der Waals surface area (Å²) in [5, 5.41) is 9.90. The average molecular weight is 354 g/mol. The number of benzene rings is 4. The first-order valence-electron chi connectivity index (χ1n) is 9.49. The van der Waals surface area contributed by atoms with Crippen molar-refractivity contribution in [3.8, 4) is 17.2 Å². The number of rotatable bonds is 1. The zero-order chi connectivity index (χ0) is 18.7. The molecule has 0 radical (unpaired) electrons. The summed E-state index contributed by atoms with van der Waals surface area (Å²) in [4.78, 5) is 2.26. The lowest BCUT2D eigenvalue weighted by Gasteiger charge is -2.36. The Balaban J connectivity index is 1.77. The second-order valence-electron chi connectivity index (χ2n) is 7.28. The molecule has 4 aromatic rings. The van der Waals surface area contributed by atoms with E-state index in [9.17, 15) is 5.26 Å². The molecule has 6 rings (SSSR count). The number of para-hydroxylation sites is 2. The van der Waals surface area contributed by atoms with E-state index in [0.29, 0.717) is 5.56 Å². The van der Waals surface area contributed by atoms with Crippen LogP contribution in [0.4, 0.5) is 17.1 Å². The van der Waals surface area contributed by atoms with Crippen LogP contribution in [0, 0.1) is 11.3 Å². The second kappa shape index (κ2) is 5.61. The number of nitrogens with zero attached hydrogens (tertiary/aromatic N) is 2. The quantitative estimate of drug-likeness (QED) is 0.420. The van der Waals surface area contributed by atoms with E-state index in [2.05, 4.69) is 71.6 Å². The monoisotopic (exact) mass is 354 g/mol. The number of hydrogen-bond acceptors (Lipinski definition) is 2. The molecule has 0 unspecified atom stereocenters. The Hall–Kier alpha value is -3.77. The van der Waals surface area contributed by atoms with E-state index >= 15 is 0 Å². The van der Waals surface area contributed by atoms with Crippen molar-refractivity contribution in [2.45, 2.75) is 0 Å². The molecule has 2 heterocycles. The highest BCUT2D eigenvalue weighted by atomic mass is 15.2. The summed E-state index contributed by atoms with van der Waals surface area (Å²) >= 11 is 0. The lowest BCUT2D eigenvalue weighted by atomic mass is 9.37. The molecule has 3 heteroatoms. The van der Waals surface area contributed by atoms with Crippen LogP contribution < -0.4 is 21.3 Å². The number of anilines is 3. The van der Waals surface area contributed by atoms with E-state index in [-0.39, 0.29) is 6.71 Å². The molecule has 0 saturated carbocycles. The molecule has 0 bridgehead atoms. The van der Waals surface area contributed by atoms with Crippen LogP contribution in [-0.4, -0.2) is 6.71 Å². The fourth-order valence-corrected chi connectivity index (χ4v) is 4.86. The van der Waals surface area contributed by atoms with E-state index in [1.807, 2.05) is 30.3 Å². The molecule has 0 aliphatic carbocycles. The maximum atomic E-state index is 9.90. The Morgan fingerprint density at radius 1 is 0.679 bits per heavy atom. The fourth-order valence-electron chi connectivity index (χ4n) is 4.86. The van der Waals surface area contributed by atoms with Crippen LogP contribution in [0.3, 0.4) is 0 Å². The zero-order valence-electron chi connectivity index (χ0n) is 15.1. The van der Waals surface area contributed by atoms with Crippen molar-refractivity contribution in [2.75, 3.05) is 4.90 Å². The van der Waals surface area contributed by atoms with Gasteiger partial charge in [0.2, 0.25) is 6.71 Å². The first-order chi connectivity index (χ1) is 13.9. The van der Waals surface area contributed by atoms with Gasteiger partial charge >= 0.3 is 0 Å². The molecule has 0 fully saturated rings. The standard InChI is InChI=1S/C25H15BN2/c27-16-17-8-6-14-22-25(17)28(18-9-2-1-3-10-18)23-15-7-12-20-19-11-4-5-13-21(19)26(22)24(20)23/h1-15H. The molecule has 2 nitrogen and oxygen atoms in total. The Morgan fingerprint density at radius 2 is 1.39 bits per heavy atom. The Morgan fingerprint density at radius 3 is 2.25 bits per heavy atom. The van der Waals surface area contributed by atoms with Crippen LogP contribution in [-0.2, 0) is 0 Å². The molecule has 128 valence electrons. The average Bonchev–Trinajstić information content (AvgIpc) is 3.10. The first-order valence-corrected chi connectivity index (χ1v) is 9.49. The summed E-state index contributed by atoms with van der Waals surface area (Å²) < 4.78 is 0.